The Hall–Kier alpha value is -0.204. The summed E-state index contributed by atoms with van der Waals surface area (Å²) >= 11 is 0. The van der Waals surface area contributed by atoms with Crippen LogP contribution in [0, 0.1) is 0 Å². The van der Waals surface area contributed by atoms with Gasteiger partial charge in [-0.3, -0.25) is 9.59 Å². The van der Waals surface area contributed by atoms with Gasteiger partial charge in [0.1, 0.15) is 0 Å². The molecule has 5 heteroatoms. The predicted molar refractivity (Wildman–Crippen MR) is 45.6 cm³/mol. The van der Waals surface area contributed by atoms with Crippen molar-refractivity contribution in [2.24, 2.45) is 0 Å². The largest absolute Gasteiger partial charge is 1.00 e. The maximum atomic E-state index is 10.6. The second kappa shape index (κ2) is 6.31. The van der Waals surface area contributed by atoms with Crippen molar-refractivity contribution in [3.05, 3.63) is 35.9 Å². The summed E-state index contributed by atoms with van der Waals surface area (Å²) in [6.07, 6.45) is 0. The van der Waals surface area contributed by atoms with E-state index in [4.69, 9.17) is 10.2 Å². The van der Waals surface area contributed by atoms with Gasteiger partial charge in [0.15, 0.2) is 5.92 Å². The molecule has 0 saturated carbocycles. The average Bonchev–Trinajstić information content (AvgIpc) is 2.04. The van der Waals surface area contributed by atoms with Crippen molar-refractivity contribution in [1.29, 1.82) is 0 Å². The standard InChI is InChI=1S/C9H8O4.K.H/c10-8(11)7(9(12)13)6-4-2-1-3-5-6;;/h1-5,7H,(H,10,11)(H,12,13);;/q;+1;-1. The van der Waals surface area contributed by atoms with Crippen molar-refractivity contribution in [3.8, 4) is 0 Å². The van der Waals surface area contributed by atoms with Gasteiger partial charge in [-0.1, -0.05) is 30.3 Å². The Balaban J connectivity index is 0. The minimum atomic E-state index is -1.47. The van der Waals surface area contributed by atoms with Crippen LogP contribution in [0.25, 0.3) is 0 Å². The molecule has 0 spiro atoms. The van der Waals surface area contributed by atoms with Gasteiger partial charge in [0.25, 0.3) is 0 Å². The zero-order chi connectivity index (χ0) is 9.84. The SMILES string of the molecule is O=C(O)C(C(=O)O)c1ccccc1.[H-].[K+]. The van der Waals surface area contributed by atoms with Gasteiger partial charge in [-0.25, -0.2) is 0 Å². The summed E-state index contributed by atoms with van der Waals surface area (Å²) in [6.45, 7) is 0. The summed E-state index contributed by atoms with van der Waals surface area (Å²) in [5, 5.41) is 17.2. The van der Waals surface area contributed by atoms with Crippen molar-refractivity contribution in [2.45, 2.75) is 5.92 Å². The smallest absolute Gasteiger partial charge is 1.00 e. The van der Waals surface area contributed by atoms with E-state index in [0.29, 0.717) is 0 Å². The second-order valence-corrected chi connectivity index (χ2v) is 2.52. The van der Waals surface area contributed by atoms with Gasteiger partial charge in [-0.2, -0.15) is 0 Å². The molecule has 1 aromatic rings. The van der Waals surface area contributed by atoms with Crippen LogP contribution in [0.2, 0.25) is 0 Å². The molecule has 0 saturated heterocycles. The summed E-state index contributed by atoms with van der Waals surface area (Å²) in [5.41, 5.74) is 0.280. The number of carbonyl (C=O) groups is 2. The van der Waals surface area contributed by atoms with Crippen LogP contribution in [0.3, 0.4) is 0 Å². The normalized spacial score (nSPS) is 9.21. The Morgan fingerprint density at radius 2 is 1.50 bits per heavy atom. The maximum Gasteiger partial charge on any atom is 1.00 e. The fourth-order valence-corrected chi connectivity index (χ4v) is 1.04. The van der Waals surface area contributed by atoms with Gasteiger partial charge in [-0.15, -0.1) is 0 Å². The fourth-order valence-electron chi connectivity index (χ4n) is 1.04. The van der Waals surface area contributed by atoms with E-state index < -0.39 is 17.9 Å². The van der Waals surface area contributed by atoms with Crippen molar-refractivity contribution in [3.63, 3.8) is 0 Å². The number of hydrogen-bond donors (Lipinski definition) is 2. The molecule has 0 aliphatic heterocycles. The van der Waals surface area contributed by atoms with Gasteiger partial charge < -0.3 is 11.6 Å². The van der Waals surface area contributed by atoms with E-state index in [9.17, 15) is 9.59 Å². The molecule has 14 heavy (non-hydrogen) atoms. The number of carboxylic acids is 2. The molecule has 0 fully saturated rings. The first-order valence-corrected chi connectivity index (χ1v) is 3.63. The number of benzene rings is 1. The molecule has 0 heterocycles. The van der Waals surface area contributed by atoms with Crippen LogP contribution in [0.5, 0.6) is 0 Å². The Morgan fingerprint density at radius 1 is 1.07 bits per heavy atom. The minimum Gasteiger partial charge on any atom is -1.00 e. The summed E-state index contributed by atoms with van der Waals surface area (Å²) < 4.78 is 0. The van der Waals surface area contributed by atoms with Crippen molar-refractivity contribution in [1.82, 2.24) is 0 Å². The zero-order valence-corrected chi connectivity index (χ0v) is 10.8. The van der Waals surface area contributed by atoms with Crippen molar-refractivity contribution >= 4 is 11.9 Å². The number of rotatable bonds is 3. The van der Waals surface area contributed by atoms with Crippen molar-refractivity contribution in [2.75, 3.05) is 0 Å². The molecule has 0 atom stereocenters. The number of aliphatic carboxylic acids is 2. The summed E-state index contributed by atoms with van der Waals surface area (Å²) in [7, 11) is 0. The Morgan fingerprint density at radius 3 is 1.86 bits per heavy atom. The van der Waals surface area contributed by atoms with Gasteiger partial charge in [0.2, 0.25) is 0 Å². The first kappa shape index (κ1) is 13.8. The van der Waals surface area contributed by atoms with Crippen LogP contribution in [0.4, 0.5) is 0 Å². The predicted octanol–water partition coefficient (Wildman–Crippen LogP) is -1.94. The van der Waals surface area contributed by atoms with Crippen LogP contribution < -0.4 is 51.4 Å². The van der Waals surface area contributed by atoms with E-state index in [1.54, 1.807) is 18.2 Å². The quantitative estimate of drug-likeness (QED) is 0.459. The topological polar surface area (TPSA) is 74.6 Å². The summed E-state index contributed by atoms with van der Waals surface area (Å²) in [4.78, 5) is 21.1. The molecule has 0 aliphatic rings. The molecule has 0 amide bonds. The maximum absolute atomic E-state index is 10.6. The van der Waals surface area contributed by atoms with Gasteiger partial charge in [0, 0.05) is 0 Å². The molecule has 1 aromatic carbocycles. The van der Waals surface area contributed by atoms with Crippen LogP contribution in [0.15, 0.2) is 30.3 Å². The average molecular weight is 220 g/mol. The molecule has 0 bridgehead atoms. The van der Waals surface area contributed by atoms with Gasteiger partial charge in [-0.05, 0) is 5.56 Å². The second-order valence-electron chi connectivity index (χ2n) is 2.52. The molecule has 70 valence electrons. The number of carboxylic acid groups (broad SMARTS) is 2. The number of hydrogen-bond acceptors (Lipinski definition) is 2. The molecule has 0 unspecified atom stereocenters. The zero-order valence-electron chi connectivity index (χ0n) is 8.68. The summed E-state index contributed by atoms with van der Waals surface area (Å²) in [5.74, 6) is -4.17. The molecular formula is C9H9KO4. The molecule has 0 radical (unpaired) electrons. The van der Waals surface area contributed by atoms with Crippen LogP contribution in [-0.2, 0) is 9.59 Å². The Labute approximate surface area is 125 Å². The molecule has 0 aliphatic carbocycles. The summed E-state index contributed by atoms with van der Waals surface area (Å²) in [6, 6.07) is 7.87. The molecule has 1 rings (SSSR count). The molecule has 0 aromatic heterocycles. The van der Waals surface area contributed by atoms with Crippen LogP contribution >= 0.6 is 0 Å². The van der Waals surface area contributed by atoms with E-state index in [0.717, 1.165) is 0 Å². The van der Waals surface area contributed by atoms with Gasteiger partial charge in [0.05, 0.1) is 0 Å². The Kier molecular flexibility index (Phi) is 6.22. The minimum absolute atomic E-state index is 0. The fraction of sp³-hybridized carbons (Fsp3) is 0.111. The van der Waals surface area contributed by atoms with Crippen molar-refractivity contribution < 1.29 is 72.6 Å². The van der Waals surface area contributed by atoms with Gasteiger partial charge >= 0.3 is 63.3 Å². The molecule has 2 N–H and O–H groups in total. The van der Waals surface area contributed by atoms with E-state index >= 15 is 0 Å². The third-order valence-electron chi connectivity index (χ3n) is 1.63. The monoisotopic (exact) mass is 220 g/mol. The van der Waals surface area contributed by atoms with E-state index in [1.165, 1.54) is 12.1 Å². The molecule has 4 nitrogen and oxygen atoms in total. The first-order valence-electron chi connectivity index (χ1n) is 3.63. The van der Waals surface area contributed by atoms with Crippen LogP contribution in [-0.4, -0.2) is 22.2 Å². The first-order chi connectivity index (χ1) is 6.13. The van der Waals surface area contributed by atoms with E-state index in [-0.39, 0.29) is 58.4 Å². The molecular weight excluding hydrogens is 211 g/mol. The van der Waals surface area contributed by atoms with Crippen LogP contribution in [0.1, 0.15) is 12.9 Å². The van der Waals surface area contributed by atoms with E-state index in [2.05, 4.69) is 0 Å². The third kappa shape index (κ3) is 3.51. The Bertz CT molecular complexity index is 314. The van der Waals surface area contributed by atoms with E-state index in [1.807, 2.05) is 0 Å². The third-order valence-corrected chi connectivity index (χ3v) is 1.63.